The van der Waals surface area contributed by atoms with Crippen LogP contribution in [0.2, 0.25) is 0 Å². The van der Waals surface area contributed by atoms with Gasteiger partial charge in [0, 0.05) is 0 Å². The Morgan fingerprint density at radius 3 is 2.41 bits per heavy atom. The highest BCUT2D eigenvalue weighted by atomic mass is 16.3. The lowest BCUT2D eigenvalue weighted by molar-refractivity contribution is -0.126. The highest BCUT2D eigenvalue weighted by Gasteiger charge is 2.48. The number of rotatable bonds is 7. The van der Waals surface area contributed by atoms with Crippen LogP contribution in [-0.2, 0) is 4.79 Å². The van der Waals surface area contributed by atoms with E-state index in [9.17, 15) is 9.90 Å². The summed E-state index contributed by atoms with van der Waals surface area (Å²) >= 11 is 0. The average Bonchev–Trinajstić information content (AvgIpc) is 3.04. The lowest BCUT2D eigenvalue weighted by Crippen LogP contribution is -2.27. The molecule has 0 aromatic heterocycles. The number of primary amides is 1. The lowest BCUT2D eigenvalue weighted by atomic mass is 9.80. The van der Waals surface area contributed by atoms with Crippen LogP contribution in [0.5, 0.6) is 0 Å². The van der Waals surface area contributed by atoms with Crippen molar-refractivity contribution in [2.45, 2.75) is 52.6 Å². The number of hydrogen-bond acceptors (Lipinski definition) is 2. The molecule has 0 aromatic rings. The van der Waals surface area contributed by atoms with Gasteiger partial charge in [-0.2, -0.15) is 0 Å². The van der Waals surface area contributed by atoms with Gasteiger partial charge in [-0.15, -0.1) is 0 Å². The van der Waals surface area contributed by atoms with Crippen LogP contribution in [0.25, 0.3) is 0 Å². The van der Waals surface area contributed by atoms with Crippen molar-refractivity contribution >= 4 is 5.91 Å². The van der Waals surface area contributed by atoms with Crippen molar-refractivity contribution in [3.8, 4) is 0 Å². The zero-order chi connectivity index (χ0) is 13.1. The first-order valence-electron chi connectivity index (χ1n) is 6.54. The van der Waals surface area contributed by atoms with E-state index in [0.717, 1.165) is 5.92 Å². The van der Waals surface area contributed by atoms with Crippen LogP contribution >= 0.6 is 0 Å². The Balaban J connectivity index is 2.32. The van der Waals surface area contributed by atoms with Crippen LogP contribution in [-0.4, -0.2) is 17.1 Å². The first-order chi connectivity index (χ1) is 7.90. The summed E-state index contributed by atoms with van der Waals surface area (Å²) in [6, 6.07) is 0. The Morgan fingerprint density at radius 2 is 2.00 bits per heavy atom. The minimum Gasteiger partial charge on any atom is -0.383 e. The van der Waals surface area contributed by atoms with Gasteiger partial charge in [0.25, 0.3) is 0 Å². The van der Waals surface area contributed by atoms with Gasteiger partial charge in [-0.1, -0.05) is 32.9 Å². The molecular weight excluding hydrogens is 214 g/mol. The van der Waals surface area contributed by atoms with E-state index in [1.54, 1.807) is 0 Å². The second kappa shape index (κ2) is 5.67. The smallest absolute Gasteiger partial charge is 0.246 e. The van der Waals surface area contributed by atoms with Crippen molar-refractivity contribution < 1.29 is 9.90 Å². The monoisotopic (exact) mass is 239 g/mol. The maximum atomic E-state index is 10.6. The molecule has 1 rings (SSSR count). The molecule has 1 aliphatic carbocycles. The predicted molar refractivity (Wildman–Crippen MR) is 69.2 cm³/mol. The van der Waals surface area contributed by atoms with E-state index in [2.05, 4.69) is 32.9 Å². The van der Waals surface area contributed by atoms with Gasteiger partial charge in [-0.3, -0.25) is 4.79 Å². The third-order valence-electron chi connectivity index (χ3n) is 4.24. The minimum atomic E-state index is -1.00. The fourth-order valence-electron chi connectivity index (χ4n) is 2.59. The molecule has 0 radical (unpaired) electrons. The number of hydrogen-bond donors (Lipinski definition) is 2. The van der Waals surface area contributed by atoms with E-state index in [4.69, 9.17) is 5.73 Å². The second-order valence-corrected chi connectivity index (χ2v) is 5.60. The zero-order valence-corrected chi connectivity index (χ0v) is 11.1. The maximum absolute atomic E-state index is 10.6. The number of nitrogens with two attached hydrogens (primary N) is 1. The highest BCUT2D eigenvalue weighted by Crippen LogP contribution is 2.57. The van der Waals surface area contributed by atoms with Crippen LogP contribution in [0, 0.1) is 17.3 Å². The molecule has 2 unspecified atom stereocenters. The summed E-state index contributed by atoms with van der Waals surface area (Å²) in [6.07, 6.45) is 7.06. The molecule has 0 heterocycles. The molecule has 3 heteroatoms. The lowest BCUT2D eigenvalue weighted by Gasteiger charge is -2.24. The molecule has 3 N–H and O–H groups in total. The predicted octanol–water partition coefficient (Wildman–Crippen LogP) is 2.24. The van der Waals surface area contributed by atoms with Gasteiger partial charge >= 0.3 is 0 Å². The molecule has 0 aliphatic heterocycles. The van der Waals surface area contributed by atoms with Gasteiger partial charge in [-0.05, 0) is 42.9 Å². The van der Waals surface area contributed by atoms with Gasteiger partial charge in [-0.25, -0.2) is 0 Å². The van der Waals surface area contributed by atoms with Crippen LogP contribution in [0.15, 0.2) is 12.2 Å². The molecule has 17 heavy (non-hydrogen) atoms. The van der Waals surface area contributed by atoms with Crippen molar-refractivity contribution in [3.05, 3.63) is 12.2 Å². The molecule has 1 saturated carbocycles. The van der Waals surface area contributed by atoms with Gasteiger partial charge in [0.2, 0.25) is 5.91 Å². The van der Waals surface area contributed by atoms with E-state index < -0.39 is 12.0 Å². The molecule has 1 aliphatic rings. The number of carbonyl (C=O) groups is 1. The number of carbonyl (C=O) groups excluding carboxylic acids is 1. The number of aliphatic hydroxyl groups excluding tert-OH is 1. The number of allylic oxidation sites excluding steroid dienone is 2. The molecule has 2 atom stereocenters. The Hall–Kier alpha value is -0.830. The Morgan fingerprint density at radius 1 is 1.41 bits per heavy atom. The molecule has 98 valence electrons. The van der Waals surface area contributed by atoms with Crippen molar-refractivity contribution in [2.24, 2.45) is 23.0 Å². The van der Waals surface area contributed by atoms with Crippen molar-refractivity contribution in [1.29, 1.82) is 0 Å². The standard InChI is InChI=1S/C14H25NO2/c1-10(2)14(8-9-14)11(3)6-4-5-7-12(16)13(15)17/h4,6,10-12,16H,5,7-9H2,1-3H3,(H2,15,17)/b6-4-. The second-order valence-electron chi connectivity index (χ2n) is 5.60. The molecule has 0 saturated heterocycles. The number of aliphatic hydroxyl groups is 1. The third kappa shape index (κ3) is 3.56. The normalized spacial score (nSPS) is 21.7. The van der Waals surface area contributed by atoms with Crippen molar-refractivity contribution in [2.75, 3.05) is 0 Å². The van der Waals surface area contributed by atoms with Crippen molar-refractivity contribution in [3.63, 3.8) is 0 Å². The Kier molecular flexibility index (Phi) is 4.75. The highest BCUT2D eigenvalue weighted by molar-refractivity contribution is 5.78. The summed E-state index contributed by atoms with van der Waals surface area (Å²) in [7, 11) is 0. The Labute approximate surface area is 104 Å². The van der Waals surface area contributed by atoms with Crippen molar-refractivity contribution in [1.82, 2.24) is 0 Å². The minimum absolute atomic E-state index is 0.424. The fourth-order valence-corrected chi connectivity index (χ4v) is 2.59. The summed E-state index contributed by atoms with van der Waals surface area (Å²) < 4.78 is 0. The summed E-state index contributed by atoms with van der Waals surface area (Å²) in [6.45, 7) is 6.83. The first kappa shape index (κ1) is 14.2. The molecule has 1 fully saturated rings. The van der Waals surface area contributed by atoms with Crippen LogP contribution in [0.1, 0.15) is 46.5 Å². The first-order valence-corrected chi connectivity index (χ1v) is 6.54. The van der Waals surface area contributed by atoms with Crippen LogP contribution in [0.3, 0.4) is 0 Å². The van der Waals surface area contributed by atoms with Gasteiger partial charge in [0.1, 0.15) is 6.10 Å². The summed E-state index contributed by atoms with van der Waals surface area (Å²) in [5.41, 5.74) is 5.48. The summed E-state index contributed by atoms with van der Waals surface area (Å²) in [4.78, 5) is 10.6. The molecular formula is C14H25NO2. The summed E-state index contributed by atoms with van der Waals surface area (Å²) in [5.74, 6) is 0.666. The summed E-state index contributed by atoms with van der Waals surface area (Å²) in [5, 5.41) is 9.24. The quantitative estimate of drug-likeness (QED) is 0.669. The number of amides is 1. The molecule has 0 spiro atoms. The topological polar surface area (TPSA) is 63.3 Å². The maximum Gasteiger partial charge on any atom is 0.246 e. The third-order valence-corrected chi connectivity index (χ3v) is 4.24. The SMILES string of the molecule is CC(C)C1(C(C)/C=C\CCC(O)C(N)=O)CC1. The fraction of sp³-hybridized carbons (Fsp3) is 0.786. The largest absolute Gasteiger partial charge is 0.383 e. The average molecular weight is 239 g/mol. The zero-order valence-electron chi connectivity index (χ0n) is 11.1. The van der Waals surface area contributed by atoms with E-state index in [1.165, 1.54) is 12.8 Å². The van der Waals surface area contributed by atoms with Crippen LogP contribution in [0.4, 0.5) is 0 Å². The van der Waals surface area contributed by atoms with E-state index in [-0.39, 0.29) is 0 Å². The molecule has 0 aromatic carbocycles. The van der Waals surface area contributed by atoms with E-state index in [0.29, 0.717) is 24.2 Å². The Bertz CT molecular complexity index is 293. The van der Waals surface area contributed by atoms with Gasteiger partial charge in [0.05, 0.1) is 0 Å². The van der Waals surface area contributed by atoms with Gasteiger partial charge < -0.3 is 10.8 Å². The van der Waals surface area contributed by atoms with Crippen LogP contribution < -0.4 is 5.73 Å². The van der Waals surface area contributed by atoms with E-state index >= 15 is 0 Å². The molecule has 3 nitrogen and oxygen atoms in total. The molecule has 0 bridgehead atoms. The molecule has 1 amide bonds. The van der Waals surface area contributed by atoms with Gasteiger partial charge in [0.15, 0.2) is 0 Å². The van der Waals surface area contributed by atoms with E-state index in [1.807, 2.05) is 0 Å².